The van der Waals surface area contributed by atoms with Gasteiger partial charge in [0.25, 0.3) is 5.56 Å². The van der Waals surface area contributed by atoms with E-state index < -0.39 is 11.6 Å². The van der Waals surface area contributed by atoms with Gasteiger partial charge in [0.15, 0.2) is 0 Å². The van der Waals surface area contributed by atoms with Crippen molar-refractivity contribution in [3.8, 4) is 0 Å². The van der Waals surface area contributed by atoms with Gasteiger partial charge in [0, 0.05) is 24.4 Å². The van der Waals surface area contributed by atoms with Gasteiger partial charge in [-0.3, -0.25) is 9.59 Å². The molecule has 0 radical (unpaired) electrons. The third kappa shape index (κ3) is 4.00. The van der Waals surface area contributed by atoms with Crippen LogP contribution in [0.5, 0.6) is 0 Å². The van der Waals surface area contributed by atoms with Gasteiger partial charge in [-0.2, -0.15) is 0 Å². The lowest BCUT2D eigenvalue weighted by atomic mass is 10.1. The molecule has 1 heterocycles. The molecule has 1 aromatic heterocycles. The predicted molar refractivity (Wildman–Crippen MR) is 78.5 cm³/mol. The van der Waals surface area contributed by atoms with Crippen molar-refractivity contribution in [3.05, 3.63) is 69.6 Å². The third-order valence-corrected chi connectivity index (χ3v) is 3.22. The van der Waals surface area contributed by atoms with E-state index in [-0.39, 0.29) is 36.5 Å². The number of aromatic nitrogens is 1. The van der Waals surface area contributed by atoms with Gasteiger partial charge in [-0.25, -0.2) is 8.78 Å². The molecule has 1 N–H and O–H groups in total. The van der Waals surface area contributed by atoms with Crippen molar-refractivity contribution in [3.63, 3.8) is 0 Å². The summed E-state index contributed by atoms with van der Waals surface area (Å²) in [6.45, 7) is 1.75. The van der Waals surface area contributed by atoms with E-state index in [0.717, 1.165) is 5.56 Å². The van der Waals surface area contributed by atoms with Crippen LogP contribution in [0.3, 0.4) is 0 Å². The number of carbonyl (C=O) groups is 1. The molecule has 1 amide bonds. The van der Waals surface area contributed by atoms with E-state index in [0.29, 0.717) is 0 Å². The first-order valence-electron chi connectivity index (χ1n) is 6.84. The molecule has 0 spiro atoms. The number of pyridine rings is 1. The van der Waals surface area contributed by atoms with Crippen LogP contribution in [0.1, 0.15) is 11.1 Å². The number of nitrogens with zero attached hydrogens (tertiary/aromatic N) is 1. The van der Waals surface area contributed by atoms with Gasteiger partial charge in [-0.1, -0.05) is 6.07 Å². The largest absolute Gasteiger partial charge is 0.354 e. The minimum Gasteiger partial charge on any atom is -0.354 e. The number of benzene rings is 1. The minimum absolute atomic E-state index is 0.0487. The van der Waals surface area contributed by atoms with Gasteiger partial charge in [0.2, 0.25) is 5.91 Å². The molecular formula is C16H16F2N2O2. The number of nitrogens with one attached hydrogen (secondary N) is 1. The fraction of sp³-hybridized carbons (Fsp3) is 0.250. The van der Waals surface area contributed by atoms with Crippen LogP contribution >= 0.6 is 0 Å². The lowest BCUT2D eigenvalue weighted by molar-refractivity contribution is -0.121. The van der Waals surface area contributed by atoms with E-state index in [1.807, 2.05) is 0 Å². The maximum Gasteiger partial charge on any atom is 0.251 e. The molecule has 0 atom stereocenters. The quantitative estimate of drug-likeness (QED) is 0.915. The summed E-state index contributed by atoms with van der Waals surface area (Å²) < 4.78 is 28.1. The average molecular weight is 306 g/mol. The number of hydrogen-bond acceptors (Lipinski definition) is 2. The normalized spacial score (nSPS) is 10.5. The highest BCUT2D eigenvalue weighted by Crippen LogP contribution is 2.11. The lowest BCUT2D eigenvalue weighted by Gasteiger charge is -2.08. The van der Waals surface area contributed by atoms with Gasteiger partial charge in [0.1, 0.15) is 18.2 Å². The zero-order valence-electron chi connectivity index (χ0n) is 12.1. The van der Waals surface area contributed by atoms with Crippen molar-refractivity contribution in [2.24, 2.45) is 0 Å². The molecule has 1 aromatic carbocycles. The van der Waals surface area contributed by atoms with E-state index in [9.17, 15) is 18.4 Å². The van der Waals surface area contributed by atoms with Crippen molar-refractivity contribution >= 4 is 5.91 Å². The van der Waals surface area contributed by atoms with Crippen LogP contribution in [-0.2, 0) is 17.8 Å². The number of aryl methyl sites for hydroxylation is 1. The molecule has 0 aliphatic heterocycles. The Kier molecular flexibility index (Phi) is 5.04. The van der Waals surface area contributed by atoms with E-state index in [4.69, 9.17) is 0 Å². The molecule has 2 rings (SSSR count). The second kappa shape index (κ2) is 6.98. The number of carbonyl (C=O) groups excluding carboxylic acids is 1. The number of amides is 1. The van der Waals surface area contributed by atoms with Crippen molar-refractivity contribution in [1.29, 1.82) is 0 Å². The summed E-state index contributed by atoms with van der Waals surface area (Å²) in [4.78, 5) is 23.4. The maximum absolute atomic E-state index is 13.4. The molecule has 6 heteroatoms. The second-order valence-electron chi connectivity index (χ2n) is 4.97. The summed E-state index contributed by atoms with van der Waals surface area (Å²) in [5, 5.41) is 2.54. The fourth-order valence-electron chi connectivity index (χ4n) is 2.05. The zero-order valence-corrected chi connectivity index (χ0v) is 12.1. The molecule has 4 nitrogen and oxygen atoms in total. The van der Waals surface area contributed by atoms with Gasteiger partial charge in [-0.15, -0.1) is 0 Å². The molecule has 0 saturated carbocycles. The topological polar surface area (TPSA) is 51.1 Å². The van der Waals surface area contributed by atoms with Crippen LogP contribution < -0.4 is 10.9 Å². The first-order chi connectivity index (χ1) is 10.5. The standard InChI is InChI=1S/C16H16F2N2O2/c1-11-6-8-20(16(22)9-11)10-15(21)19-7-5-12-13(17)3-2-4-14(12)18/h2-4,6,8-9H,5,7,10H2,1H3,(H,19,21). The molecule has 0 aliphatic carbocycles. The van der Waals surface area contributed by atoms with Crippen LogP contribution in [0.4, 0.5) is 8.78 Å². The SMILES string of the molecule is Cc1ccn(CC(=O)NCCc2c(F)cccc2F)c(=O)c1. The summed E-state index contributed by atoms with van der Waals surface area (Å²) in [6, 6.07) is 6.79. The van der Waals surface area contributed by atoms with Crippen LogP contribution in [0.25, 0.3) is 0 Å². The molecule has 0 bridgehead atoms. The van der Waals surface area contributed by atoms with Crippen molar-refractivity contribution in [1.82, 2.24) is 9.88 Å². The summed E-state index contributed by atoms with van der Waals surface area (Å²) in [5.74, 6) is -1.66. The molecule has 116 valence electrons. The maximum atomic E-state index is 13.4. The molecule has 0 aliphatic rings. The summed E-state index contributed by atoms with van der Waals surface area (Å²) in [5.41, 5.74) is 0.488. The summed E-state index contributed by atoms with van der Waals surface area (Å²) >= 11 is 0. The van der Waals surface area contributed by atoms with Crippen LogP contribution in [0, 0.1) is 18.6 Å². The minimum atomic E-state index is -0.635. The number of halogens is 2. The fourth-order valence-corrected chi connectivity index (χ4v) is 2.05. The monoisotopic (exact) mass is 306 g/mol. The first kappa shape index (κ1) is 15.9. The summed E-state index contributed by atoms with van der Waals surface area (Å²) in [7, 11) is 0. The predicted octanol–water partition coefficient (Wildman–Crippen LogP) is 1.79. The van der Waals surface area contributed by atoms with E-state index in [2.05, 4.69) is 5.32 Å². The van der Waals surface area contributed by atoms with Gasteiger partial charge in [0.05, 0.1) is 0 Å². The molecule has 0 saturated heterocycles. The van der Waals surface area contributed by atoms with Crippen molar-refractivity contribution in [2.75, 3.05) is 6.54 Å². The Morgan fingerprint density at radius 2 is 1.91 bits per heavy atom. The molecule has 2 aromatic rings. The molecule has 0 unspecified atom stereocenters. The average Bonchev–Trinajstić information content (AvgIpc) is 2.45. The van der Waals surface area contributed by atoms with Crippen LogP contribution in [-0.4, -0.2) is 17.0 Å². The van der Waals surface area contributed by atoms with Gasteiger partial charge < -0.3 is 9.88 Å². The van der Waals surface area contributed by atoms with Crippen molar-refractivity contribution < 1.29 is 13.6 Å². The summed E-state index contributed by atoms with van der Waals surface area (Å²) in [6.07, 6.45) is 1.58. The van der Waals surface area contributed by atoms with Gasteiger partial charge in [-0.05, 0) is 37.1 Å². The third-order valence-electron chi connectivity index (χ3n) is 3.22. The highest BCUT2D eigenvalue weighted by molar-refractivity contribution is 5.75. The Labute approximate surface area is 126 Å². The van der Waals surface area contributed by atoms with Crippen LogP contribution in [0.15, 0.2) is 41.3 Å². The molecule has 0 fully saturated rings. The smallest absolute Gasteiger partial charge is 0.251 e. The Hall–Kier alpha value is -2.50. The lowest BCUT2D eigenvalue weighted by Crippen LogP contribution is -2.33. The Bertz CT molecular complexity index is 721. The molecular weight excluding hydrogens is 290 g/mol. The number of rotatable bonds is 5. The Morgan fingerprint density at radius 3 is 2.55 bits per heavy atom. The first-order valence-corrected chi connectivity index (χ1v) is 6.84. The zero-order chi connectivity index (χ0) is 16.1. The number of hydrogen-bond donors (Lipinski definition) is 1. The molecule has 22 heavy (non-hydrogen) atoms. The highest BCUT2D eigenvalue weighted by Gasteiger charge is 2.09. The second-order valence-corrected chi connectivity index (χ2v) is 4.97. The van der Waals surface area contributed by atoms with E-state index in [1.54, 1.807) is 13.0 Å². The highest BCUT2D eigenvalue weighted by atomic mass is 19.1. The van der Waals surface area contributed by atoms with Crippen LogP contribution in [0.2, 0.25) is 0 Å². The Morgan fingerprint density at radius 1 is 1.23 bits per heavy atom. The van der Waals surface area contributed by atoms with Crippen molar-refractivity contribution in [2.45, 2.75) is 19.9 Å². The Balaban J connectivity index is 1.89. The van der Waals surface area contributed by atoms with Gasteiger partial charge >= 0.3 is 0 Å². The van der Waals surface area contributed by atoms with E-state index in [1.165, 1.54) is 35.0 Å². The van der Waals surface area contributed by atoms with E-state index >= 15 is 0 Å².